The van der Waals surface area contributed by atoms with Crippen molar-refractivity contribution in [1.82, 2.24) is 20.2 Å². The number of benzene rings is 5. The molecule has 0 spiro atoms. The highest BCUT2D eigenvalue weighted by Gasteiger charge is 2.42. The zero-order valence-corrected chi connectivity index (χ0v) is 24.2. The fourth-order valence-electron chi connectivity index (χ4n) is 6.42. The summed E-state index contributed by atoms with van der Waals surface area (Å²) in [5, 5.41) is 13.7. The van der Waals surface area contributed by atoms with Gasteiger partial charge in [-0.1, -0.05) is 121 Å². The smallest absolute Gasteiger partial charge is 0.337 e. The summed E-state index contributed by atoms with van der Waals surface area (Å²) >= 11 is 0. The second kappa shape index (κ2) is 11.6. The molecule has 7 rings (SSSR count). The molecule has 0 N–H and O–H groups in total. The number of hydrogen-bond donors (Lipinski definition) is 0. The van der Waals surface area contributed by atoms with Gasteiger partial charge in [0.1, 0.15) is 17.9 Å². The first kappa shape index (κ1) is 27.3. The summed E-state index contributed by atoms with van der Waals surface area (Å²) in [6.45, 7) is 0.386. The summed E-state index contributed by atoms with van der Waals surface area (Å²) in [6, 6.07) is 44.9. The first-order chi connectivity index (χ1) is 21.7. The van der Waals surface area contributed by atoms with Crippen LogP contribution in [0.1, 0.15) is 55.5 Å². The van der Waals surface area contributed by atoms with Gasteiger partial charge >= 0.3 is 5.97 Å². The summed E-state index contributed by atoms with van der Waals surface area (Å²) in [4.78, 5) is 12.4. The van der Waals surface area contributed by atoms with Gasteiger partial charge < -0.3 is 9.47 Å². The van der Waals surface area contributed by atoms with Gasteiger partial charge in [0, 0.05) is 17.9 Å². The lowest BCUT2D eigenvalue weighted by Gasteiger charge is -2.36. The molecular weight excluding hydrogens is 548 g/mol. The van der Waals surface area contributed by atoms with E-state index in [-0.39, 0.29) is 5.92 Å². The number of fused-ring (bicyclic) bond motifs is 2. The molecule has 0 saturated heterocycles. The normalized spacial score (nSPS) is 14.1. The SMILES string of the molecule is COC(=O)c1ccc2c(c1)OCc1ccccc1C2Cc1nnnn1C(c1ccccc1)(c1ccccc1)c1ccccc1. The average Bonchev–Trinajstić information content (AvgIpc) is 3.50. The highest BCUT2D eigenvalue weighted by Crippen LogP contribution is 2.43. The molecule has 216 valence electrons. The molecule has 7 heteroatoms. The van der Waals surface area contributed by atoms with E-state index in [0.717, 1.165) is 33.4 Å². The van der Waals surface area contributed by atoms with Crippen LogP contribution in [0.4, 0.5) is 0 Å². The van der Waals surface area contributed by atoms with E-state index in [1.807, 2.05) is 77.5 Å². The van der Waals surface area contributed by atoms with E-state index in [1.165, 1.54) is 7.11 Å². The lowest BCUT2D eigenvalue weighted by atomic mass is 9.76. The zero-order chi connectivity index (χ0) is 29.9. The van der Waals surface area contributed by atoms with Crippen molar-refractivity contribution in [2.45, 2.75) is 24.5 Å². The van der Waals surface area contributed by atoms with Gasteiger partial charge in [0.2, 0.25) is 0 Å². The first-order valence-electron chi connectivity index (χ1n) is 14.6. The van der Waals surface area contributed by atoms with Gasteiger partial charge in [0.05, 0.1) is 12.7 Å². The van der Waals surface area contributed by atoms with Crippen LogP contribution in [0.25, 0.3) is 0 Å². The predicted octanol–water partition coefficient (Wildman–Crippen LogP) is 6.57. The van der Waals surface area contributed by atoms with Crippen molar-refractivity contribution in [1.29, 1.82) is 0 Å². The number of rotatable bonds is 7. The lowest BCUT2D eigenvalue weighted by molar-refractivity contribution is 0.0600. The molecule has 1 aliphatic heterocycles. The van der Waals surface area contributed by atoms with Gasteiger partial charge in [0.15, 0.2) is 5.82 Å². The van der Waals surface area contributed by atoms with Crippen LogP contribution in [-0.2, 0) is 23.3 Å². The van der Waals surface area contributed by atoms with Crippen LogP contribution in [0.3, 0.4) is 0 Å². The Balaban J connectivity index is 1.44. The van der Waals surface area contributed by atoms with Gasteiger partial charge in [-0.2, -0.15) is 0 Å². The van der Waals surface area contributed by atoms with Crippen LogP contribution < -0.4 is 4.74 Å². The summed E-state index contributed by atoms with van der Waals surface area (Å²) < 4.78 is 13.3. The molecule has 0 amide bonds. The van der Waals surface area contributed by atoms with Gasteiger partial charge in [-0.3, -0.25) is 0 Å². The molecule has 1 unspecified atom stereocenters. The number of hydrogen-bond acceptors (Lipinski definition) is 6. The minimum atomic E-state index is -0.846. The Kier molecular flexibility index (Phi) is 7.20. The van der Waals surface area contributed by atoms with Crippen molar-refractivity contribution < 1.29 is 14.3 Å². The summed E-state index contributed by atoms with van der Waals surface area (Å²) in [5.74, 6) is 0.817. The quantitative estimate of drug-likeness (QED) is 0.158. The molecule has 6 aromatic rings. The number of nitrogens with zero attached hydrogens (tertiary/aromatic N) is 4. The van der Waals surface area contributed by atoms with E-state index in [9.17, 15) is 4.79 Å². The maximum atomic E-state index is 12.4. The molecule has 0 fully saturated rings. The summed E-state index contributed by atoms with van der Waals surface area (Å²) in [6.07, 6.45) is 0.492. The minimum Gasteiger partial charge on any atom is -0.489 e. The van der Waals surface area contributed by atoms with Crippen molar-refractivity contribution in [2.75, 3.05) is 7.11 Å². The standard InChI is InChI=1S/C37H30N4O3/c1-43-36(42)26-21-22-32-33(31-20-12-11-13-27(31)25-44-34(32)23-26)24-35-38-39-40-41(35)37(28-14-5-2-6-15-28,29-16-7-3-8-17-29)30-18-9-4-10-19-30/h2-23,33H,24-25H2,1H3. The molecule has 1 aliphatic rings. The van der Waals surface area contributed by atoms with Gasteiger partial charge in [0.25, 0.3) is 0 Å². The Hall–Kier alpha value is -5.56. The van der Waals surface area contributed by atoms with Gasteiger partial charge in [-0.25, -0.2) is 9.48 Å². The third-order valence-corrected chi connectivity index (χ3v) is 8.44. The number of aromatic nitrogens is 4. The zero-order valence-electron chi connectivity index (χ0n) is 24.2. The molecule has 5 aromatic carbocycles. The van der Waals surface area contributed by atoms with E-state index >= 15 is 0 Å². The molecule has 0 radical (unpaired) electrons. The molecule has 0 bridgehead atoms. The van der Waals surface area contributed by atoms with Crippen LogP contribution in [-0.4, -0.2) is 33.3 Å². The topological polar surface area (TPSA) is 79.1 Å². The number of ether oxygens (including phenoxy) is 2. The largest absolute Gasteiger partial charge is 0.489 e. The molecule has 1 atom stereocenters. The Morgan fingerprint density at radius 2 is 1.39 bits per heavy atom. The molecule has 2 heterocycles. The second-order valence-electron chi connectivity index (χ2n) is 10.8. The van der Waals surface area contributed by atoms with Crippen molar-refractivity contribution in [2.24, 2.45) is 0 Å². The number of methoxy groups -OCH3 is 1. The third kappa shape index (κ3) is 4.63. The second-order valence-corrected chi connectivity index (χ2v) is 10.8. The number of carbonyl (C=O) groups excluding carboxylic acids is 1. The average molecular weight is 579 g/mol. The Labute approximate surface area is 255 Å². The Morgan fingerprint density at radius 3 is 2.00 bits per heavy atom. The molecular formula is C37H30N4O3. The maximum absolute atomic E-state index is 12.4. The van der Waals surface area contributed by atoms with Crippen LogP contribution >= 0.6 is 0 Å². The molecule has 0 aliphatic carbocycles. The highest BCUT2D eigenvalue weighted by molar-refractivity contribution is 5.90. The van der Waals surface area contributed by atoms with E-state index in [4.69, 9.17) is 14.7 Å². The van der Waals surface area contributed by atoms with Gasteiger partial charge in [-0.05, 0) is 50.4 Å². The fourth-order valence-corrected chi connectivity index (χ4v) is 6.42. The Bertz CT molecular complexity index is 1810. The molecule has 44 heavy (non-hydrogen) atoms. The van der Waals surface area contributed by atoms with E-state index in [2.05, 4.69) is 58.8 Å². The number of carbonyl (C=O) groups is 1. The monoisotopic (exact) mass is 578 g/mol. The van der Waals surface area contributed by atoms with E-state index in [1.54, 1.807) is 12.1 Å². The molecule has 1 aromatic heterocycles. The third-order valence-electron chi connectivity index (χ3n) is 8.44. The van der Waals surface area contributed by atoms with Crippen molar-refractivity contribution in [3.05, 3.63) is 178 Å². The van der Waals surface area contributed by atoms with Crippen LogP contribution in [0.5, 0.6) is 5.75 Å². The fraction of sp³-hybridized carbons (Fsp3) is 0.135. The van der Waals surface area contributed by atoms with Crippen molar-refractivity contribution >= 4 is 5.97 Å². The van der Waals surface area contributed by atoms with Crippen LogP contribution in [0.2, 0.25) is 0 Å². The summed E-state index contributed by atoms with van der Waals surface area (Å²) in [5.41, 5.74) is 5.89. The number of tetrazole rings is 1. The lowest BCUT2D eigenvalue weighted by Crippen LogP contribution is -2.40. The van der Waals surface area contributed by atoms with Crippen molar-refractivity contribution in [3.8, 4) is 5.75 Å². The number of esters is 1. The van der Waals surface area contributed by atoms with Crippen molar-refractivity contribution in [3.63, 3.8) is 0 Å². The molecule has 7 nitrogen and oxygen atoms in total. The van der Waals surface area contributed by atoms with Gasteiger partial charge in [-0.15, -0.1) is 5.10 Å². The van der Waals surface area contributed by atoms with E-state index < -0.39 is 11.5 Å². The minimum absolute atomic E-state index is 0.139. The van der Waals surface area contributed by atoms with Crippen LogP contribution in [0, 0.1) is 0 Å². The Morgan fingerprint density at radius 1 is 0.795 bits per heavy atom. The molecule has 0 saturated carbocycles. The van der Waals surface area contributed by atoms with Crippen LogP contribution in [0.15, 0.2) is 133 Å². The van der Waals surface area contributed by atoms with E-state index in [0.29, 0.717) is 30.2 Å². The first-order valence-corrected chi connectivity index (χ1v) is 14.6. The predicted molar refractivity (Wildman–Crippen MR) is 167 cm³/mol. The maximum Gasteiger partial charge on any atom is 0.337 e. The summed E-state index contributed by atoms with van der Waals surface area (Å²) in [7, 11) is 1.38. The highest BCUT2D eigenvalue weighted by atomic mass is 16.5.